The standard InChI is InChI=1S/C16H22ClFN4O4S/c1-15(2,3)26-14(23)20-13-21-16(4,8-27(24,25)22(13)5)10-6-9(19)7-11(18)12(10)17/h6-7H,8,19H2,1-5H3,(H,20,21,23)/t16-/m0/s1. The van der Waals surface area contributed by atoms with Crippen LogP contribution in [0, 0.1) is 5.82 Å². The van der Waals surface area contributed by atoms with Crippen LogP contribution in [0.1, 0.15) is 33.3 Å². The van der Waals surface area contributed by atoms with Gasteiger partial charge in [0.25, 0.3) is 0 Å². The second-order valence-electron chi connectivity index (χ2n) is 7.46. The van der Waals surface area contributed by atoms with E-state index in [0.717, 1.165) is 10.4 Å². The Bertz CT molecular complexity index is 914. The number of guanidine groups is 1. The maximum atomic E-state index is 14.0. The summed E-state index contributed by atoms with van der Waals surface area (Å²) in [5, 5.41) is 2.58. The first-order valence-corrected chi connectivity index (χ1v) is 9.95. The normalized spacial score (nSPS) is 23.8. The average Bonchev–Trinajstić information content (AvgIpc) is 2.45. The summed E-state index contributed by atoms with van der Waals surface area (Å²) >= 11 is 6.05. The number of carbonyl (C=O) groups is 1. The molecule has 0 saturated carbocycles. The molecule has 1 atom stereocenters. The van der Waals surface area contributed by atoms with Crippen LogP contribution >= 0.6 is 11.6 Å². The van der Waals surface area contributed by atoms with E-state index in [-0.39, 0.29) is 22.2 Å². The van der Waals surface area contributed by atoms with E-state index >= 15 is 0 Å². The molecule has 0 unspecified atom stereocenters. The zero-order valence-corrected chi connectivity index (χ0v) is 17.2. The number of nitrogens with two attached hydrogens (primary N) is 1. The summed E-state index contributed by atoms with van der Waals surface area (Å²) in [4.78, 5) is 15.7. The molecule has 0 aliphatic carbocycles. The predicted octanol–water partition coefficient (Wildman–Crippen LogP) is 2.43. The molecule has 1 aromatic rings. The van der Waals surface area contributed by atoms with Crippen molar-refractivity contribution < 1.29 is 22.3 Å². The number of ether oxygens (including phenoxy) is 1. The molecular formula is C16H22ClFN4O4S. The van der Waals surface area contributed by atoms with Crippen molar-refractivity contribution in [1.82, 2.24) is 9.62 Å². The molecule has 0 bridgehead atoms. The van der Waals surface area contributed by atoms with Gasteiger partial charge in [-0.1, -0.05) is 11.6 Å². The highest BCUT2D eigenvalue weighted by Crippen LogP contribution is 2.35. The van der Waals surface area contributed by atoms with E-state index < -0.39 is 38.8 Å². The lowest BCUT2D eigenvalue weighted by molar-refractivity contribution is 0.0602. The minimum absolute atomic E-state index is 0.0804. The highest BCUT2D eigenvalue weighted by atomic mass is 35.5. The number of hydrogen-bond donors (Lipinski definition) is 2. The van der Waals surface area contributed by atoms with Crippen molar-refractivity contribution in [2.75, 3.05) is 18.5 Å². The van der Waals surface area contributed by atoms with Crippen molar-refractivity contribution in [2.45, 2.75) is 38.8 Å². The molecule has 27 heavy (non-hydrogen) atoms. The molecule has 1 aromatic carbocycles. The molecule has 1 heterocycles. The number of nitrogens with one attached hydrogen (secondary N) is 1. The lowest BCUT2D eigenvalue weighted by Gasteiger charge is -2.41. The van der Waals surface area contributed by atoms with Crippen molar-refractivity contribution in [2.24, 2.45) is 4.99 Å². The smallest absolute Gasteiger partial charge is 0.437 e. The summed E-state index contributed by atoms with van der Waals surface area (Å²) in [6.07, 6.45) is -0.971. The van der Waals surface area contributed by atoms with Crippen LogP contribution in [0.15, 0.2) is 17.1 Å². The van der Waals surface area contributed by atoms with E-state index in [0.29, 0.717) is 0 Å². The van der Waals surface area contributed by atoms with Crippen molar-refractivity contribution in [3.63, 3.8) is 0 Å². The zero-order chi connectivity index (χ0) is 20.8. The second kappa shape index (κ2) is 6.83. The number of amides is 1. The Kier molecular flexibility index (Phi) is 5.37. The molecule has 1 fully saturated rings. The van der Waals surface area contributed by atoms with Crippen LogP contribution in [0.4, 0.5) is 14.9 Å². The first-order chi connectivity index (χ1) is 12.1. The molecule has 11 heteroatoms. The summed E-state index contributed by atoms with van der Waals surface area (Å²) in [5.41, 5.74) is 3.71. The Morgan fingerprint density at radius 1 is 1.44 bits per heavy atom. The highest BCUT2D eigenvalue weighted by molar-refractivity contribution is 7.89. The van der Waals surface area contributed by atoms with E-state index in [9.17, 15) is 17.6 Å². The Balaban J connectivity index is 2.53. The van der Waals surface area contributed by atoms with Gasteiger partial charge in [0.05, 0.1) is 16.3 Å². The topological polar surface area (TPSA) is 114 Å². The van der Waals surface area contributed by atoms with Crippen LogP contribution in [-0.4, -0.2) is 43.2 Å². The van der Waals surface area contributed by atoms with Crippen LogP contribution in [-0.2, 0) is 20.3 Å². The van der Waals surface area contributed by atoms with Crippen LogP contribution in [0.2, 0.25) is 5.02 Å². The molecule has 1 amide bonds. The van der Waals surface area contributed by atoms with Gasteiger partial charge in [-0.05, 0) is 39.8 Å². The third kappa shape index (κ3) is 4.62. The minimum Gasteiger partial charge on any atom is -0.442 e. The highest BCUT2D eigenvalue weighted by Gasteiger charge is 2.44. The number of sulfonamides is 1. The molecule has 3 N–H and O–H groups in total. The van der Waals surface area contributed by atoms with Gasteiger partial charge in [-0.25, -0.2) is 21.9 Å². The maximum Gasteiger partial charge on any atom is 0.437 e. The summed E-state index contributed by atoms with van der Waals surface area (Å²) < 4.78 is 45.2. The Morgan fingerprint density at radius 3 is 2.59 bits per heavy atom. The fraction of sp³-hybridized carbons (Fsp3) is 0.500. The molecule has 150 valence electrons. The number of aliphatic imine (C=N–C) groups is 1. The largest absolute Gasteiger partial charge is 0.442 e. The predicted molar refractivity (Wildman–Crippen MR) is 102 cm³/mol. The molecule has 0 aromatic heterocycles. The molecule has 1 aliphatic heterocycles. The van der Waals surface area contributed by atoms with Crippen LogP contribution in [0.5, 0.6) is 0 Å². The minimum atomic E-state index is -3.89. The van der Waals surface area contributed by atoms with Crippen LogP contribution in [0.3, 0.4) is 0 Å². The average molecular weight is 421 g/mol. The van der Waals surface area contributed by atoms with Gasteiger partial charge in [0, 0.05) is 18.3 Å². The number of nitrogen functional groups attached to an aromatic ring is 1. The molecular weight excluding hydrogens is 399 g/mol. The number of halogens is 2. The number of nitrogens with zero attached hydrogens (tertiary/aromatic N) is 2. The van der Waals surface area contributed by atoms with Crippen LogP contribution < -0.4 is 11.1 Å². The van der Waals surface area contributed by atoms with E-state index in [4.69, 9.17) is 22.1 Å². The van der Waals surface area contributed by atoms with Crippen molar-refractivity contribution in [1.29, 1.82) is 0 Å². The Morgan fingerprint density at radius 2 is 2.04 bits per heavy atom. The first-order valence-electron chi connectivity index (χ1n) is 7.96. The third-order valence-corrected chi connectivity index (χ3v) is 6.14. The number of hydrogen-bond acceptors (Lipinski definition) is 5. The summed E-state index contributed by atoms with van der Waals surface area (Å²) in [6.45, 7) is 6.46. The van der Waals surface area contributed by atoms with E-state index in [1.165, 1.54) is 20.0 Å². The van der Waals surface area contributed by atoms with Crippen molar-refractivity contribution in [3.8, 4) is 0 Å². The van der Waals surface area contributed by atoms with E-state index in [2.05, 4.69) is 10.3 Å². The Labute approximate surface area is 162 Å². The first kappa shape index (κ1) is 21.2. The van der Waals surface area contributed by atoms with Gasteiger partial charge in [0.2, 0.25) is 16.0 Å². The maximum absolute atomic E-state index is 14.0. The molecule has 0 radical (unpaired) electrons. The lowest BCUT2D eigenvalue weighted by Crippen LogP contribution is -2.61. The molecule has 2 rings (SSSR count). The van der Waals surface area contributed by atoms with Crippen LogP contribution in [0.25, 0.3) is 0 Å². The summed E-state index contributed by atoms with van der Waals surface area (Å²) in [7, 11) is -2.65. The Hall–Kier alpha value is -2.07. The summed E-state index contributed by atoms with van der Waals surface area (Å²) in [6, 6.07) is 2.42. The second-order valence-corrected chi connectivity index (χ2v) is 9.84. The van der Waals surface area contributed by atoms with Gasteiger partial charge in [-0.3, -0.25) is 0 Å². The van der Waals surface area contributed by atoms with Crippen molar-refractivity contribution >= 4 is 39.4 Å². The van der Waals surface area contributed by atoms with Gasteiger partial charge < -0.3 is 15.8 Å². The van der Waals surface area contributed by atoms with Gasteiger partial charge in [0.1, 0.15) is 11.4 Å². The van der Waals surface area contributed by atoms with Gasteiger partial charge >= 0.3 is 6.09 Å². The molecule has 1 aliphatic rings. The van der Waals surface area contributed by atoms with E-state index in [1.807, 2.05) is 0 Å². The quantitative estimate of drug-likeness (QED) is 0.674. The monoisotopic (exact) mass is 420 g/mol. The zero-order valence-electron chi connectivity index (χ0n) is 15.6. The van der Waals surface area contributed by atoms with Gasteiger partial charge in [-0.15, -0.1) is 4.99 Å². The fourth-order valence-corrected chi connectivity index (χ4v) is 4.40. The summed E-state index contributed by atoms with van der Waals surface area (Å²) in [5.74, 6) is -1.50. The molecule has 8 nitrogen and oxygen atoms in total. The number of anilines is 1. The number of benzene rings is 1. The van der Waals surface area contributed by atoms with Gasteiger partial charge in [-0.2, -0.15) is 0 Å². The SMILES string of the molecule is CN1/C(=N/C(=O)OC(C)(C)C)N[C@](C)(c2cc(N)cc(F)c2Cl)CS1(=O)=O. The van der Waals surface area contributed by atoms with Gasteiger partial charge in [0.15, 0.2) is 0 Å². The molecule has 1 saturated heterocycles. The van der Waals surface area contributed by atoms with E-state index in [1.54, 1.807) is 20.8 Å². The number of carbonyl (C=O) groups excluding carboxylic acids is 1. The third-order valence-electron chi connectivity index (χ3n) is 3.81. The number of rotatable bonds is 1. The van der Waals surface area contributed by atoms with Crippen molar-refractivity contribution in [3.05, 3.63) is 28.5 Å². The lowest BCUT2D eigenvalue weighted by atomic mass is 9.93. The fourth-order valence-electron chi connectivity index (χ4n) is 2.58. The molecule has 0 spiro atoms.